The van der Waals surface area contributed by atoms with Gasteiger partial charge in [0.05, 0.1) is 6.61 Å². The van der Waals surface area contributed by atoms with E-state index in [1.54, 1.807) is 7.05 Å². The van der Waals surface area contributed by atoms with Gasteiger partial charge in [0.2, 0.25) is 5.91 Å². The molecule has 6 nitrogen and oxygen atoms in total. The molecule has 0 aliphatic carbocycles. The van der Waals surface area contributed by atoms with Crippen LogP contribution in [0.15, 0.2) is 29.4 Å². The predicted molar refractivity (Wildman–Crippen MR) is 105 cm³/mol. The SMILES string of the molecule is CCOc1ccc(CCC2CCN(C(=O)C3=NN(C)C(=O)CC3)CC2)cc1. The fourth-order valence-corrected chi connectivity index (χ4v) is 3.72. The van der Waals surface area contributed by atoms with Crippen molar-refractivity contribution < 1.29 is 14.3 Å². The third-order valence-electron chi connectivity index (χ3n) is 5.43. The summed E-state index contributed by atoms with van der Waals surface area (Å²) in [5.41, 5.74) is 1.85. The fraction of sp³-hybridized carbons (Fsp3) is 0.571. The van der Waals surface area contributed by atoms with Gasteiger partial charge >= 0.3 is 0 Å². The summed E-state index contributed by atoms with van der Waals surface area (Å²) in [6.45, 7) is 4.24. The Morgan fingerprint density at radius 3 is 2.52 bits per heavy atom. The summed E-state index contributed by atoms with van der Waals surface area (Å²) in [4.78, 5) is 26.0. The zero-order chi connectivity index (χ0) is 19.2. The van der Waals surface area contributed by atoms with Crippen molar-refractivity contribution in [2.45, 2.75) is 45.4 Å². The summed E-state index contributed by atoms with van der Waals surface area (Å²) < 4.78 is 5.48. The van der Waals surface area contributed by atoms with E-state index in [9.17, 15) is 9.59 Å². The van der Waals surface area contributed by atoms with Crippen molar-refractivity contribution in [1.82, 2.24) is 9.91 Å². The summed E-state index contributed by atoms with van der Waals surface area (Å²) in [5, 5.41) is 5.44. The standard InChI is InChI=1S/C21H29N3O3/c1-3-27-18-8-6-16(7-9-18)4-5-17-12-14-24(15-13-17)21(26)19-10-11-20(25)23(2)22-19/h6-9,17H,3-5,10-15H2,1-2H3. The average Bonchev–Trinajstić information content (AvgIpc) is 2.70. The van der Waals surface area contributed by atoms with Crippen LogP contribution in [-0.2, 0) is 16.0 Å². The van der Waals surface area contributed by atoms with E-state index >= 15 is 0 Å². The number of hydrogen-bond donors (Lipinski definition) is 0. The Balaban J connectivity index is 1.44. The van der Waals surface area contributed by atoms with Gasteiger partial charge in [0.15, 0.2) is 0 Å². The number of amides is 2. The summed E-state index contributed by atoms with van der Waals surface area (Å²) >= 11 is 0. The molecule has 1 saturated heterocycles. The van der Waals surface area contributed by atoms with Crippen LogP contribution in [0.2, 0.25) is 0 Å². The Labute approximate surface area is 161 Å². The van der Waals surface area contributed by atoms with Gasteiger partial charge in [-0.1, -0.05) is 12.1 Å². The summed E-state index contributed by atoms with van der Waals surface area (Å²) in [7, 11) is 1.61. The largest absolute Gasteiger partial charge is 0.494 e. The number of nitrogens with zero attached hydrogens (tertiary/aromatic N) is 3. The molecule has 1 aromatic rings. The Hall–Kier alpha value is -2.37. The van der Waals surface area contributed by atoms with Crippen molar-refractivity contribution in [3.8, 4) is 5.75 Å². The van der Waals surface area contributed by atoms with E-state index in [2.05, 4.69) is 17.2 Å². The maximum absolute atomic E-state index is 12.6. The lowest BCUT2D eigenvalue weighted by Crippen LogP contribution is -2.44. The fourth-order valence-electron chi connectivity index (χ4n) is 3.72. The highest BCUT2D eigenvalue weighted by atomic mass is 16.5. The molecule has 2 aliphatic heterocycles. The lowest BCUT2D eigenvalue weighted by Gasteiger charge is -2.33. The number of piperidine rings is 1. The van der Waals surface area contributed by atoms with Crippen LogP contribution in [0.3, 0.4) is 0 Å². The summed E-state index contributed by atoms with van der Waals surface area (Å²) in [5.74, 6) is 1.54. The molecule has 2 amide bonds. The van der Waals surface area contributed by atoms with Gasteiger partial charge in [-0.2, -0.15) is 5.10 Å². The zero-order valence-electron chi connectivity index (χ0n) is 16.3. The number of hydrazone groups is 1. The molecule has 27 heavy (non-hydrogen) atoms. The normalized spacial score (nSPS) is 18.4. The molecule has 0 saturated carbocycles. The highest BCUT2D eigenvalue weighted by molar-refractivity contribution is 6.39. The first-order valence-corrected chi connectivity index (χ1v) is 9.92. The lowest BCUT2D eigenvalue weighted by atomic mass is 9.90. The number of ether oxygens (including phenoxy) is 1. The third-order valence-corrected chi connectivity index (χ3v) is 5.43. The maximum Gasteiger partial charge on any atom is 0.270 e. The van der Waals surface area contributed by atoms with E-state index in [0.717, 1.165) is 44.5 Å². The van der Waals surface area contributed by atoms with Gasteiger partial charge in [-0.25, -0.2) is 5.01 Å². The van der Waals surface area contributed by atoms with Crippen LogP contribution in [0.4, 0.5) is 0 Å². The van der Waals surface area contributed by atoms with Crippen molar-refractivity contribution in [3.63, 3.8) is 0 Å². The van der Waals surface area contributed by atoms with E-state index in [-0.39, 0.29) is 11.8 Å². The monoisotopic (exact) mass is 371 g/mol. The van der Waals surface area contributed by atoms with Crippen LogP contribution < -0.4 is 4.74 Å². The molecule has 6 heteroatoms. The molecule has 0 bridgehead atoms. The van der Waals surface area contributed by atoms with Gasteiger partial charge in [0.25, 0.3) is 5.91 Å². The molecule has 2 aliphatic rings. The van der Waals surface area contributed by atoms with Gasteiger partial charge in [-0.15, -0.1) is 0 Å². The molecule has 1 fully saturated rings. The van der Waals surface area contributed by atoms with E-state index in [0.29, 0.717) is 31.1 Å². The van der Waals surface area contributed by atoms with Crippen LogP contribution in [-0.4, -0.2) is 54.2 Å². The third kappa shape index (κ3) is 5.08. The van der Waals surface area contributed by atoms with Crippen LogP contribution in [0, 0.1) is 5.92 Å². The second-order valence-corrected chi connectivity index (χ2v) is 7.32. The number of aryl methyl sites for hydroxylation is 1. The van der Waals surface area contributed by atoms with Crippen LogP contribution in [0.5, 0.6) is 5.75 Å². The highest BCUT2D eigenvalue weighted by Crippen LogP contribution is 2.24. The molecule has 0 aromatic heterocycles. The quantitative estimate of drug-likeness (QED) is 0.772. The molecule has 2 heterocycles. The first-order chi connectivity index (χ1) is 13.1. The Bertz CT molecular complexity index is 691. The Kier molecular flexibility index (Phi) is 6.48. The average molecular weight is 371 g/mol. The van der Waals surface area contributed by atoms with E-state index in [1.807, 2.05) is 24.0 Å². The topological polar surface area (TPSA) is 62.2 Å². The van der Waals surface area contributed by atoms with E-state index < -0.39 is 0 Å². The molecule has 0 N–H and O–H groups in total. The number of hydrogen-bond acceptors (Lipinski definition) is 4. The smallest absolute Gasteiger partial charge is 0.270 e. The van der Waals surface area contributed by atoms with Crippen LogP contribution in [0.25, 0.3) is 0 Å². The Morgan fingerprint density at radius 1 is 1.19 bits per heavy atom. The molecule has 0 atom stereocenters. The number of benzene rings is 1. The molecule has 146 valence electrons. The molecule has 0 unspecified atom stereocenters. The minimum Gasteiger partial charge on any atom is -0.494 e. The van der Waals surface area contributed by atoms with Crippen molar-refractivity contribution >= 4 is 17.5 Å². The van der Waals surface area contributed by atoms with Gasteiger partial charge in [-0.3, -0.25) is 9.59 Å². The number of rotatable bonds is 6. The molecular weight excluding hydrogens is 342 g/mol. The molecular formula is C21H29N3O3. The van der Waals surface area contributed by atoms with Gasteiger partial charge in [0, 0.05) is 33.0 Å². The first-order valence-electron chi connectivity index (χ1n) is 9.92. The lowest BCUT2D eigenvalue weighted by molar-refractivity contribution is -0.130. The van der Waals surface area contributed by atoms with E-state index in [4.69, 9.17) is 4.74 Å². The minimum absolute atomic E-state index is 0.000636. The Morgan fingerprint density at radius 2 is 1.89 bits per heavy atom. The summed E-state index contributed by atoms with van der Waals surface area (Å²) in [6, 6.07) is 8.35. The summed E-state index contributed by atoms with van der Waals surface area (Å²) in [6.07, 6.45) is 5.10. The van der Waals surface area contributed by atoms with Gasteiger partial charge in [-0.05, 0) is 56.2 Å². The van der Waals surface area contributed by atoms with Crippen LogP contribution >= 0.6 is 0 Å². The molecule has 1 aromatic carbocycles. The first kappa shape index (κ1) is 19.4. The molecule has 3 rings (SSSR count). The van der Waals surface area contributed by atoms with Crippen molar-refractivity contribution in [2.24, 2.45) is 11.0 Å². The number of carbonyl (C=O) groups is 2. The van der Waals surface area contributed by atoms with Crippen LogP contribution in [0.1, 0.15) is 44.6 Å². The van der Waals surface area contributed by atoms with Crippen molar-refractivity contribution in [2.75, 3.05) is 26.7 Å². The van der Waals surface area contributed by atoms with Gasteiger partial charge < -0.3 is 9.64 Å². The van der Waals surface area contributed by atoms with Crippen molar-refractivity contribution in [3.05, 3.63) is 29.8 Å². The number of carbonyl (C=O) groups excluding carboxylic acids is 2. The number of likely N-dealkylation sites (tertiary alicyclic amines) is 1. The predicted octanol–water partition coefficient (Wildman–Crippen LogP) is 2.86. The minimum atomic E-state index is -0.0282. The van der Waals surface area contributed by atoms with Crippen molar-refractivity contribution in [1.29, 1.82) is 0 Å². The maximum atomic E-state index is 12.6. The highest BCUT2D eigenvalue weighted by Gasteiger charge is 2.28. The zero-order valence-corrected chi connectivity index (χ0v) is 16.3. The van der Waals surface area contributed by atoms with E-state index in [1.165, 1.54) is 10.6 Å². The second kappa shape index (κ2) is 9.02. The molecule has 0 spiro atoms. The second-order valence-electron chi connectivity index (χ2n) is 7.32. The molecule has 0 radical (unpaired) electrons. The van der Waals surface area contributed by atoms with Gasteiger partial charge in [0.1, 0.15) is 11.5 Å².